The van der Waals surface area contributed by atoms with Gasteiger partial charge in [0.15, 0.2) is 0 Å². The second-order valence-corrected chi connectivity index (χ2v) is 5.37. The van der Waals surface area contributed by atoms with Crippen molar-refractivity contribution in [1.29, 1.82) is 0 Å². The lowest BCUT2D eigenvalue weighted by atomic mass is 9.80. The summed E-state index contributed by atoms with van der Waals surface area (Å²) < 4.78 is 0. The van der Waals surface area contributed by atoms with Crippen molar-refractivity contribution in [1.82, 2.24) is 4.90 Å². The highest BCUT2D eigenvalue weighted by atomic mass is 16.2. The number of nitrogens with two attached hydrogens (primary N) is 1. The third-order valence-corrected chi connectivity index (χ3v) is 3.64. The van der Waals surface area contributed by atoms with Crippen molar-refractivity contribution >= 4 is 5.91 Å². The quantitative estimate of drug-likeness (QED) is 0.799. The van der Waals surface area contributed by atoms with Crippen LogP contribution in [0.15, 0.2) is 0 Å². The molecule has 0 saturated heterocycles. The molecular weight excluding hydrogens is 200 g/mol. The maximum absolute atomic E-state index is 12.1. The van der Waals surface area contributed by atoms with Crippen LogP contribution in [0.1, 0.15) is 59.3 Å². The van der Waals surface area contributed by atoms with Crippen LogP contribution >= 0.6 is 0 Å². The zero-order valence-electron chi connectivity index (χ0n) is 11.0. The Labute approximate surface area is 99.4 Å². The molecule has 1 rings (SSSR count). The highest BCUT2D eigenvalue weighted by Crippen LogP contribution is 2.29. The van der Waals surface area contributed by atoms with Crippen molar-refractivity contribution in [3.05, 3.63) is 0 Å². The molecule has 1 aliphatic rings. The van der Waals surface area contributed by atoms with Crippen LogP contribution in [0.25, 0.3) is 0 Å². The molecule has 0 unspecified atom stereocenters. The summed E-state index contributed by atoms with van der Waals surface area (Å²) in [6.07, 6.45) is 6.17. The average Bonchev–Trinajstić information content (AvgIpc) is 2.18. The fourth-order valence-corrected chi connectivity index (χ4v) is 2.66. The van der Waals surface area contributed by atoms with Gasteiger partial charge in [0, 0.05) is 24.5 Å². The van der Waals surface area contributed by atoms with Gasteiger partial charge in [-0.05, 0) is 33.6 Å². The van der Waals surface area contributed by atoms with Gasteiger partial charge in [-0.15, -0.1) is 0 Å². The Kier molecular flexibility index (Phi) is 4.78. The Hall–Kier alpha value is -0.570. The van der Waals surface area contributed by atoms with Gasteiger partial charge < -0.3 is 10.6 Å². The van der Waals surface area contributed by atoms with Crippen LogP contribution in [0.4, 0.5) is 0 Å². The zero-order valence-corrected chi connectivity index (χ0v) is 11.0. The van der Waals surface area contributed by atoms with E-state index in [0.717, 1.165) is 19.4 Å². The molecule has 2 N–H and O–H groups in total. The molecule has 0 aromatic rings. The molecule has 0 aromatic heterocycles. The van der Waals surface area contributed by atoms with E-state index in [4.69, 9.17) is 5.73 Å². The summed E-state index contributed by atoms with van der Waals surface area (Å²) >= 11 is 0. The summed E-state index contributed by atoms with van der Waals surface area (Å²) in [5, 5.41) is 0. The topological polar surface area (TPSA) is 46.3 Å². The van der Waals surface area contributed by atoms with Gasteiger partial charge in [0.2, 0.25) is 5.91 Å². The fraction of sp³-hybridized carbons (Fsp3) is 0.923. The van der Waals surface area contributed by atoms with Crippen LogP contribution < -0.4 is 5.73 Å². The monoisotopic (exact) mass is 226 g/mol. The summed E-state index contributed by atoms with van der Waals surface area (Å²) in [5.41, 5.74) is 6.08. The van der Waals surface area contributed by atoms with E-state index >= 15 is 0 Å². The summed E-state index contributed by atoms with van der Waals surface area (Å²) in [5.74, 6) is 0.224. The molecule has 1 aliphatic carbocycles. The lowest BCUT2D eigenvalue weighted by Crippen LogP contribution is -2.48. The van der Waals surface area contributed by atoms with Gasteiger partial charge in [-0.2, -0.15) is 0 Å². The van der Waals surface area contributed by atoms with Crippen molar-refractivity contribution < 1.29 is 4.79 Å². The fourth-order valence-electron chi connectivity index (χ4n) is 2.66. The van der Waals surface area contributed by atoms with Crippen molar-refractivity contribution in [2.75, 3.05) is 6.54 Å². The summed E-state index contributed by atoms with van der Waals surface area (Å²) in [7, 11) is 0. The second kappa shape index (κ2) is 5.67. The van der Waals surface area contributed by atoms with Crippen LogP contribution in [-0.2, 0) is 4.79 Å². The van der Waals surface area contributed by atoms with Crippen LogP contribution in [0.5, 0.6) is 0 Å². The number of hydrogen-bond donors (Lipinski definition) is 1. The molecule has 16 heavy (non-hydrogen) atoms. The van der Waals surface area contributed by atoms with Crippen molar-refractivity contribution in [2.24, 2.45) is 5.73 Å². The maximum Gasteiger partial charge on any atom is 0.224 e. The third-order valence-electron chi connectivity index (χ3n) is 3.64. The van der Waals surface area contributed by atoms with Gasteiger partial charge in [0.25, 0.3) is 0 Å². The summed E-state index contributed by atoms with van der Waals surface area (Å²) in [6.45, 7) is 6.94. The van der Waals surface area contributed by atoms with Gasteiger partial charge in [0.05, 0.1) is 0 Å². The molecule has 1 saturated carbocycles. The predicted molar refractivity (Wildman–Crippen MR) is 67.1 cm³/mol. The summed E-state index contributed by atoms with van der Waals surface area (Å²) in [6, 6.07) is 0.282. The van der Waals surface area contributed by atoms with E-state index < -0.39 is 0 Å². The normalized spacial score (nSPS) is 19.8. The molecule has 1 amide bonds. The molecule has 0 bridgehead atoms. The Balaban J connectivity index is 2.54. The predicted octanol–water partition coefficient (Wildman–Crippen LogP) is 2.29. The highest BCUT2D eigenvalue weighted by molar-refractivity contribution is 5.77. The minimum absolute atomic E-state index is 0.224. The minimum Gasteiger partial charge on any atom is -0.340 e. The van der Waals surface area contributed by atoms with Crippen LogP contribution in [0.2, 0.25) is 0 Å². The van der Waals surface area contributed by atoms with Gasteiger partial charge in [-0.3, -0.25) is 4.79 Å². The Morgan fingerprint density at radius 3 is 2.31 bits per heavy atom. The number of amides is 1. The smallest absolute Gasteiger partial charge is 0.224 e. The number of carbonyl (C=O) groups is 1. The molecule has 0 atom stereocenters. The number of nitrogens with zero attached hydrogens (tertiary/aromatic N) is 1. The van der Waals surface area contributed by atoms with Crippen LogP contribution in [0, 0.1) is 0 Å². The molecule has 0 aromatic carbocycles. The first-order valence-electron chi connectivity index (χ1n) is 6.57. The Morgan fingerprint density at radius 2 is 1.88 bits per heavy atom. The van der Waals surface area contributed by atoms with E-state index in [2.05, 4.69) is 13.8 Å². The SMILES string of the molecule is CCN(C(=O)CC1(N)CCCCC1)C(C)C. The molecule has 0 heterocycles. The number of hydrogen-bond acceptors (Lipinski definition) is 2. The molecular formula is C13H26N2O. The molecule has 3 nitrogen and oxygen atoms in total. The number of carbonyl (C=O) groups excluding carboxylic acids is 1. The first kappa shape index (κ1) is 13.5. The largest absolute Gasteiger partial charge is 0.340 e. The van der Waals surface area contributed by atoms with E-state index in [1.54, 1.807) is 0 Å². The van der Waals surface area contributed by atoms with E-state index in [1.165, 1.54) is 19.3 Å². The number of rotatable bonds is 4. The standard InChI is InChI=1S/C13H26N2O/c1-4-15(11(2)3)12(16)10-13(14)8-6-5-7-9-13/h11H,4-10,14H2,1-3H3. The minimum atomic E-state index is -0.225. The molecule has 0 aliphatic heterocycles. The van der Waals surface area contributed by atoms with Crippen molar-refractivity contribution in [3.63, 3.8) is 0 Å². The lowest BCUT2D eigenvalue weighted by Gasteiger charge is -2.35. The van der Waals surface area contributed by atoms with E-state index in [1.807, 2.05) is 11.8 Å². The first-order chi connectivity index (χ1) is 7.48. The van der Waals surface area contributed by atoms with Gasteiger partial charge in [-0.1, -0.05) is 19.3 Å². The Bertz CT molecular complexity index is 232. The third kappa shape index (κ3) is 3.48. The zero-order chi connectivity index (χ0) is 12.2. The maximum atomic E-state index is 12.1. The van der Waals surface area contributed by atoms with Crippen LogP contribution in [0.3, 0.4) is 0 Å². The van der Waals surface area contributed by atoms with Gasteiger partial charge in [-0.25, -0.2) is 0 Å². The Morgan fingerprint density at radius 1 is 1.31 bits per heavy atom. The second-order valence-electron chi connectivity index (χ2n) is 5.37. The average molecular weight is 226 g/mol. The highest BCUT2D eigenvalue weighted by Gasteiger charge is 2.31. The van der Waals surface area contributed by atoms with Gasteiger partial charge in [0.1, 0.15) is 0 Å². The van der Waals surface area contributed by atoms with Crippen molar-refractivity contribution in [3.8, 4) is 0 Å². The molecule has 0 spiro atoms. The lowest BCUT2D eigenvalue weighted by molar-refractivity contribution is -0.134. The molecule has 0 radical (unpaired) electrons. The van der Waals surface area contributed by atoms with Gasteiger partial charge >= 0.3 is 0 Å². The first-order valence-corrected chi connectivity index (χ1v) is 6.57. The van der Waals surface area contributed by atoms with Crippen molar-refractivity contribution in [2.45, 2.75) is 70.9 Å². The summed E-state index contributed by atoms with van der Waals surface area (Å²) in [4.78, 5) is 14.1. The van der Waals surface area contributed by atoms with E-state index in [-0.39, 0.29) is 17.5 Å². The molecule has 94 valence electrons. The molecule has 1 fully saturated rings. The van der Waals surface area contributed by atoms with Crippen LogP contribution in [-0.4, -0.2) is 28.9 Å². The molecule has 3 heteroatoms. The van der Waals surface area contributed by atoms with E-state index in [9.17, 15) is 4.79 Å². The van der Waals surface area contributed by atoms with E-state index in [0.29, 0.717) is 6.42 Å².